The number of hydrogen-bond donors (Lipinski definition) is 0. The first-order valence-corrected chi connectivity index (χ1v) is 7.81. The monoisotopic (exact) mass is 296 g/mol. The summed E-state index contributed by atoms with van der Waals surface area (Å²) < 4.78 is 5.73. The minimum atomic E-state index is -0.251. The van der Waals surface area contributed by atoms with E-state index in [4.69, 9.17) is 4.42 Å². The van der Waals surface area contributed by atoms with E-state index in [2.05, 4.69) is 0 Å². The number of para-hydroxylation sites is 1. The topological polar surface area (TPSA) is 53.8 Å². The molecule has 2 saturated heterocycles. The second-order valence-electron chi connectivity index (χ2n) is 6.54. The Hall–Kier alpha value is -2.30. The van der Waals surface area contributed by atoms with E-state index in [-0.39, 0.29) is 24.0 Å². The summed E-state index contributed by atoms with van der Waals surface area (Å²) in [6, 6.07) is 7.38. The van der Waals surface area contributed by atoms with Gasteiger partial charge in [0, 0.05) is 11.4 Å². The molecule has 2 aliphatic heterocycles. The SMILES string of the molecule is Cc1oc2ccccc2c1N1C(=O)[C@H]2[C@@H]3CC[C@@H](C3)N2C1=O. The van der Waals surface area contributed by atoms with Crippen LogP contribution in [0.25, 0.3) is 11.0 Å². The van der Waals surface area contributed by atoms with E-state index < -0.39 is 0 Å². The Balaban J connectivity index is 1.68. The molecule has 2 bridgehead atoms. The van der Waals surface area contributed by atoms with E-state index in [0.717, 1.165) is 24.6 Å². The molecule has 1 aromatic carbocycles. The van der Waals surface area contributed by atoms with E-state index >= 15 is 0 Å². The van der Waals surface area contributed by atoms with Gasteiger partial charge >= 0.3 is 6.03 Å². The number of aryl methyl sites for hydroxylation is 1. The highest BCUT2D eigenvalue weighted by Gasteiger charge is 2.59. The van der Waals surface area contributed by atoms with Gasteiger partial charge in [0.15, 0.2) is 0 Å². The summed E-state index contributed by atoms with van der Waals surface area (Å²) in [7, 11) is 0. The Morgan fingerprint density at radius 1 is 1.18 bits per heavy atom. The molecule has 3 amide bonds. The van der Waals surface area contributed by atoms with Crippen LogP contribution in [-0.2, 0) is 4.79 Å². The van der Waals surface area contributed by atoms with Crippen LogP contribution in [0.4, 0.5) is 10.5 Å². The predicted octanol–water partition coefficient (Wildman–Crippen LogP) is 3.06. The quantitative estimate of drug-likeness (QED) is 0.760. The average Bonchev–Trinajstić information content (AvgIpc) is 3.23. The number of hydrogen-bond acceptors (Lipinski definition) is 3. The van der Waals surface area contributed by atoms with Crippen molar-refractivity contribution in [3.05, 3.63) is 30.0 Å². The molecule has 3 heterocycles. The van der Waals surface area contributed by atoms with Crippen LogP contribution in [0.5, 0.6) is 0 Å². The van der Waals surface area contributed by atoms with Crippen molar-refractivity contribution in [1.29, 1.82) is 0 Å². The standard InChI is InChI=1S/C17H16N2O3/c1-9-14(12-4-2-3-5-13(12)22-9)19-16(20)15-10-6-7-11(8-10)18(15)17(19)21/h2-5,10-11,15H,6-8H2,1H3/t10-,11+,15-/m1/s1. The smallest absolute Gasteiger partial charge is 0.332 e. The average molecular weight is 296 g/mol. The number of rotatable bonds is 1. The van der Waals surface area contributed by atoms with E-state index in [0.29, 0.717) is 22.9 Å². The van der Waals surface area contributed by atoms with E-state index in [1.54, 1.807) is 0 Å². The number of carbonyl (C=O) groups is 2. The fourth-order valence-electron chi connectivity index (χ4n) is 4.56. The molecule has 3 fully saturated rings. The summed E-state index contributed by atoms with van der Waals surface area (Å²) in [6.07, 6.45) is 3.07. The maximum atomic E-state index is 12.9. The van der Waals surface area contributed by atoms with Gasteiger partial charge in [-0.2, -0.15) is 0 Å². The number of nitrogens with zero attached hydrogens (tertiary/aromatic N) is 2. The molecule has 3 aliphatic rings. The number of imide groups is 1. The molecule has 1 saturated carbocycles. The third-order valence-corrected chi connectivity index (χ3v) is 5.43. The van der Waals surface area contributed by atoms with E-state index in [1.165, 1.54) is 4.90 Å². The van der Waals surface area contributed by atoms with Crippen molar-refractivity contribution < 1.29 is 14.0 Å². The minimum Gasteiger partial charge on any atom is -0.459 e. The van der Waals surface area contributed by atoms with Crippen LogP contribution in [0.1, 0.15) is 25.0 Å². The number of anilines is 1. The van der Waals surface area contributed by atoms with Crippen LogP contribution in [-0.4, -0.2) is 28.9 Å². The van der Waals surface area contributed by atoms with Gasteiger partial charge in [-0.25, -0.2) is 9.69 Å². The van der Waals surface area contributed by atoms with E-state index in [9.17, 15) is 9.59 Å². The van der Waals surface area contributed by atoms with Gasteiger partial charge in [-0.05, 0) is 44.2 Å². The molecular formula is C17H16N2O3. The maximum absolute atomic E-state index is 12.9. The molecule has 0 N–H and O–H groups in total. The molecule has 5 heteroatoms. The van der Waals surface area contributed by atoms with Crippen LogP contribution in [0.2, 0.25) is 0 Å². The lowest BCUT2D eigenvalue weighted by molar-refractivity contribution is -0.120. The highest BCUT2D eigenvalue weighted by Crippen LogP contribution is 2.48. The summed E-state index contributed by atoms with van der Waals surface area (Å²) in [6.45, 7) is 1.81. The summed E-state index contributed by atoms with van der Waals surface area (Å²) >= 11 is 0. The minimum absolute atomic E-state index is 0.0770. The molecule has 2 aromatic rings. The Morgan fingerprint density at radius 3 is 2.82 bits per heavy atom. The van der Waals surface area contributed by atoms with Crippen molar-refractivity contribution in [2.45, 2.75) is 38.3 Å². The van der Waals surface area contributed by atoms with Gasteiger partial charge in [0.05, 0.1) is 0 Å². The van der Waals surface area contributed by atoms with Crippen molar-refractivity contribution in [2.24, 2.45) is 5.92 Å². The van der Waals surface area contributed by atoms with Crippen molar-refractivity contribution >= 4 is 28.6 Å². The van der Waals surface area contributed by atoms with Crippen LogP contribution < -0.4 is 4.90 Å². The van der Waals surface area contributed by atoms with Gasteiger partial charge in [-0.1, -0.05) is 12.1 Å². The van der Waals surface area contributed by atoms with Gasteiger partial charge in [0.1, 0.15) is 23.1 Å². The lowest BCUT2D eigenvalue weighted by Crippen LogP contribution is -2.40. The number of amides is 3. The zero-order valence-electron chi connectivity index (χ0n) is 12.3. The number of benzene rings is 1. The summed E-state index contributed by atoms with van der Waals surface area (Å²) in [5.41, 5.74) is 1.34. The number of urea groups is 1. The first-order valence-electron chi connectivity index (χ1n) is 7.81. The van der Waals surface area contributed by atoms with Gasteiger partial charge < -0.3 is 9.32 Å². The van der Waals surface area contributed by atoms with Crippen molar-refractivity contribution in [3.63, 3.8) is 0 Å². The molecule has 22 heavy (non-hydrogen) atoms. The van der Waals surface area contributed by atoms with Crippen molar-refractivity contribution in [1.82, 2.24) is 4.90 Å². The highest BCUT2D eigenvalue weighted by atomic mass is 16.3. The number of fused-ring (bicyclic) bond motifs is 6. The van der Waals surface area contributed by atoms with Crippen molar-refractivity contribution in [3.8, 4) is 0 Å². The number of carbonyl (C=O) groups excluding carboxylic acids is 2. The molecule has 5 nitrogen and oxygen atoms in total. The summed E-state index contributed by atoms with van der Waals surface area (Å²) in [5, 5.41) is 0.829. The van der Waals surface area contributed by atoms with Gasteiger partial charge in [0.25, 0.3) is 5.91 Å². The molecule has 1 aromatic heterocycles. The second kappa shape index (κ2) is 3.91. The highest BCUT2D eigenvalue weighted by molar-refractivity contribution is 6.25. The first kappa shape index (κ1) is 12.3. The third-order valence-electron chi connectivity index (χ3n) is 5.43. The van der Waals surface area contributed by atoms with Crippen LogP contribution in [0.3, 0.4) is 0 Å². The first-order chi connectivity index (χ1) is 10.7. The lowest BCUT2D eigenvalue weighted by atomic mass is 9.99. The third kappa shape index (κ3) is 1.30. The zero-order valence-corrected chi connectivity index (χ0v) is 12.3. The predicted molar refractivity (Wildman–Crippen MR) is 80.6 cm³/mol. The van der Waals surface area contributed by atoms with Gasteiger partial charge in [-0.3, -0.25) is 4.79 Å². The van der Waals surface area contributed by atoms with Gasteiger partial charge in [-0.15, -0.1) is 0 Å². The number of piperidine rings is 1. The second-order valence-corrected chi connectivity index (χ2v) is 6.54. The zero-order chi connectivity index (χ0) is 15.0. The molecule has 112 valence electrons. The lowest BCUT2D eigenvalue weighted by Gasteiger charge is -2.25. The Morgan fingerprint density at radius 2 is 2.00 bits per heavy atom. The summed E-state index contributed by atoms with van der Waals surface area (Å²) in [5.74, 6) is 0.883. The largest absolute Gasteiger partial charge is 0.459 e. The van der Waals surface area contributed by atoms with Crippen LogP contribution >= 0.6 is 0 Å². The summed E-state index contributed by atoms with van der Waals surface area (Å²) in [4.78, 5) is 28.9. The Kier molecular flexibility index (Phi) is 2.18. The molecule has 3 atom stereocenters. The van der Waals surface area contributed by atoms with E-state index in [1.807, 2.05) is 36.1 Å². The van der Waals surface area contributed by atoms with Gasteiger partial charge in [0.2, 0.25) is 0 Å². The number of furan rings is 1. The fourth-order valence-corrected chi connectivity index (χ4v) is 4.56. The molecular weight excluding hydrogens is 280 g/mol. The van der Waals surface area contributed by atoms with Crippen LogP contribution in [0, 0.1) is 12.8 Å². The maximum Gasteiger partial charge on any atom is 0.332 e. The normalized spacial score (nSPS) is 30.0. The molecule has 1 aliphatic carbocycles. The van der Waals surface area contributed by atoms with Crippen LogP contribution in [0.15, 0.2) is 28.7 Å². The van der Waals surface area contributed by atoms with Crippen molar-refractivity contribution in [2.75, 3.05) is 4.90 Å². The Labute approximate surface area is 127 Å². The molecule has 5 rings (SSSR count). The molecule has 0 spiro atoms. The molecule has 0 unspecified atom stereocenters. The fraction of sp³-hybridized carbons (Fsp3) is 0.412. The molecule has 0 radical (unpaired) electrons. The Bertz CT molecular complexity index is 796.